The van der Waals surface area contributed by atoms with E-state index in [-0.39, 0.29) is 5.94 Å². The van der Waals surface area contributed by atoms with Crippen molar-refractivity contribution >= 4 is 13.4 Å². The minimum Gasteiger partial charge on any atom is -0.397 e. The molecular formula is C23H23BN4. The first-order valence-corrected chi connectivity index (χ1v) is 9.36. The summed E-state index contributed by atoms with van der Waals surface area (Å²) < 4.78 is 0. The van der Waals surface area contributed by atoms with Gasteiger partial charge in [-0.05, 0) is 37.5 Å². The Kier molecular flexibility index (Phi) is 6.74. The molecule has 2 radical (unpaired) electrons. The maximum Gasteiger partial charge on any atom is 0.164 e. The Labute approximate surface area is 167 Å². The van der Waals surface area contributed by atoms with Gasteiger partial charge in [-0.3, -0.25) is 0 Å². The second-order valence-electron chi connectivity index (χ2n) is 6.37. The standard InChI is InChI=1S/C23H23BN4/c1-3-17(15-16-20(24)25-4-2)21-26-22(18-11-7-5-8-12-18)28-23(27-21)19-13-9-6-10-14-19/h3-14,20,25H,2,15-16H2,1H3/b17-3+. The molecule has 0 spiro atoms. The highest BCUT2D eigenvalue weighted by Crippen LogP contribution is 2.24. The molecule has 0 aliphatic heterocycles. The number of aromatic nitrogens is 3. The summed E-state index contributed by atoms with van der Waals surface area (Å²) in [7, 11) is 6.04. The van der Waals surface area contributed by atoms with Gasteiger partial charge >= 0.3 is 0 Å². The lowest BCUT2D eigenvalue weighted by Crippen LogP contribution is -2.23. The molecule has 1 aromatic heterocycles. The van der Waals surface area contributed by atoms with Gasteiger partial charge in [0.25, 0.3) is 0 Å². The number of nitrogens with one attached hydrogen (secondary N) is 1. The number of benzene rings is 2. The maximum atomic E-state index is 6.04. The molecule has 0 saturated heterocycles. The van der Waals surface area contributed by atoms with Gasteiger partial charge in [0.15, 0.2) is 17.5 Å². The Morgan fingerprint density at radius 1 is 0.964 bits per heavy atom. The number of hydrogen-bond acceptors (Lipinski definition) is 4. The second kappa shape index (κ2) is 9.65. The van der Waals surface area contributed by atoms with Crippen LogP contribution in [0.15, 0.2) is 79.5 Å². The van der Waals surface area contributed by atoms with Crippen molar-refractivity contribution < 1.29 is 0 Å². The van der Waals surface area contributed by atoms with Crippen LogP contribution < -0.4 is 5.32 Å². The highest BCUT2D eigenvalue weighted by atomic mass is 15.0. The molecule has 5 heteroatoms. The summed E-state index contributed by atoms with van der Waals surface area (Å²) >= 11 is 0. The molecule has 0 fully saturated rings. The van der Waals surface area contributed by atoms with E-state index in [9.17, 15) is 0 Å². The van der Waals surface area contributed by atoms with Crippen LogP contribution in [0.25, 0.3) is 28.3 Å². The van der Waals surface area contributed by atoms with Crippen LogP contribution in [0.4, 0.5) is 0 Å². The van der Waals surface area contributed by atoms with Gasteiger partial charge in [0.05, 0.1) is 7.85 Å². The van der Waals surface area contributed by atoms with Crippen molar-refractivity contribution in [2.75, 3.05) is 0 Å². The normalized spacial score (nSPS) is 12.4. The van der Waals surface area contributed by atoms with Gasteiger partial charge in [0, 0.05) is 11.1 Å². The molecule has 0 amide bonds. The number of hydrogen-bond donors (Lipinski definition) is 1. The summed E-state index contributed by atoms with van der Waals surface area (Å²) in [5, 5.41) is 3.01. The van der Waals surface area contributed by atoms with Gasteiger partial charge in [-0.1, -0.05) is 73.3 Å². The van der Waals surface area contributed by atoms with E-state index >= 15 is 0 Å². The van der Waals surface area contributed by atoms with Gasteiger partial charge in [0.1, 0.15) is 0 Å². The maximum absolute atomic E-state index is 6.04. The van der Waals surface area contributed by atoms with Crippen LogP contribution in [-0.4, -0.2) is 28.7 Å². The van der Waals surface area contributed by atoms with E-state index in [1.54, 1.807) is 6.20 Å². The Morgan fingerprint density at radius 2 is 1.50 bits per heavy atom. The van der Waals surface area contributed by atoms with Crippen molar-refractivity contribution in [2.45, 2.75) is 25.7 Å². The molecule has 0 aliphatic carbocycles. The molecule has 0 bridgehead atoms. The smallest absolute Gasteiger partial charge is 0.164 e. The molecule has 3 aromatic rings. The molecule has 3 rings (SSSR count). The monoisotopic (exact) mass is 366 g/mol. The Hall–Kier alpha value is -3.21. The van der Waals surface area contributed by atoms with Gasteiger partial charge in [-0.25, -0.2) is 15.0 Å². The fraction of sp³-hybridized carbons (Fsp3) is 0.174. The molecule has 0 saturated carbocycles. The lowest BCUT2D eigenvalue weighted by atomic mass is 9.90. The third kappa shape index (κ3) is 4.94. The van der Waals surface area contributed by atoms with E-state index in [1.807, 2.05) is 73.7 Å². The average Bonchev–Trinajstić information content (AvgIpc) is 2.75. The molecule has 2 aromatic carbocycles. The SMILES string of the molecule is [B]C(CC/C(=C\C)c1nc(-c2ccccc2)nc(-c2ccccc2)n1)NC=C. The predicted molar refractivity (Wildman–Crippen MR) is 116 cm³/mol. The van der Waals surface area contributed by atoms with E-state index in [0.717, 1.165) is 29.5 Å². The largest absolute Gasteiger partial charge is 0.397 e. The van der Waals surface area contributed by atoms with Crippen LogP contribution in [0.2, 0.25) is 0 Å². The van der Waals surface area contributed by atoms with Crippen molar-refractivity contribution in [3.63, 3.8) is 0 Å². The summed E-state index contributed by atoms with van der Waals surface area (Å²) in [6, 6.07) is 19.9. The minimum absolute atomic E-state index is 0.156. The van der Waals surface area contributed by atoms with Crippen LogP contribution in [0.1, 0.15) is 25.6 Å². The number of nitrogens with zero attached hydrogens (tertiary/aromatic N) is 3. The summed E-state index contributed by atoms with van der Waals surface area (Å²) in [5.74, 6) is 1.85. The van der Waals surface area contributed by atoms with E-state index < -0.39 is 0 Å². The molecule has 138 valence electrons. The Bertz CT molecular complexity index is 882. The Morgan fingerprint density at radius 3 is 1.96 bits per heavy atom. The molecule has 1 atom stereocenters. The van der Waals surface area contributed by atoms with Crippen LogP contribution in [0.5, 0.6) is 0 Å². The summed E-state index contributed by atoms with van der Waals surface area (Å²) in [5.41, 5.74) is 2.96. The van der Waals surface area contributed by atoms with Crippen LogP contribution in [0.3, 0.4) is 0 Å². The lowest BCUT2D eigenvalue weighted by Gasteiger charge is -2.14. The van der Waals surface area contributed by atoms with Crippen LogP contribution >= 0.6 is 0 Å². The van der Waals surface area contributed by atoms with Gasteiger partial charge in [-0.15, -0.1) is 0 Å². The zero-order valence-electron chi connectivity index (χ0n) is 16.0. The molecule has 4 nitrogen and oxygen atoms in total. The van der Waals surface area contributed by atoms with Gasteiger partial charge in [0.2, 0.25) is 0 Å². The fourth-order valence-corrected chi connectivity index (χ4v) is 2.88. The molecule has 1 unspecified atom stereocenters. The van der Waals surface area contributed by atoms with Gasteiger partial charge < -0.3 is 5.32 Å². The summed E-state index contributed by atoms with van der Waals surface area (Å²) in [6.45, 7) is 5.65. The van der Waals surface area contributed by atoms with Crippen molar-refractivity contribution in [2.24, 2.45) is 0 Å². The average molecular weight is 366 g/mol. The van der Waals surface area contributed by atoms with E-state index in [2.05, 4.69) is 11.9 Å². The first-order valence-electron chi connectivity index (χ1n) is 9.36. The minimum atomic E-state index is -0.156. The van der Waals surface area contributed by atoms with Crippen molar-refractivity contribution in [3.05, 3.63) is 85.3 Å². The zero-order chi connectivity index (χ0) is 19.8. The second-order valence-corrected chi connectivity index (χ2v) is 6.37. The van der Waals surface area contributed by atoms with Crippen molar-refractivity contribution in [1.29, 1.82) is 0 Å². The van der Waals surface area contributed by atoms with E-state index in [0.29, 0.717) is 17.5 Å². The van der Waals surface area contributed by atoms with Crippen LogP contribution in [-0.2, 0) is 0 Å². The topological polar surface area (TPSA) is 50.7 Å². The summed E-state index contributed by atoms with van der Waals surface area (Å²) in [6.07, 6.45) is 5.16. The number of rotatable bonds is 8. The molecule has 1 N–H and O–H groups in total. The first-order chi connectivity index (χ1) is 13.7. The Balaban J connectivity index is 2.00. The summed E-state index contributed by atoms with van der Waals surface area (Å²) in [4.78, 5) is 14.2. The fourth-order valence-electron chi connectivity index (χ4n) is 2.88. The highest BCUT2D eigenvalue weighted by molar-refractivity contribution is 6.11. The third-order valence-electron chi connectivity index (χ3n) is 4.39. The predicted octanol–water partition coefficient (Wildman–Crippen LogP) is 4.62. The molecule has 28 heavy (non-hydrogen) atoms. The zero-order valence-corrected chi connectivity index (χ0v) is 16.0. The lowest BCUT2D eigenvalue weighted by molar-refractivity contribution is 0.706. The number of allylic oxidation sites excluding steroid dienone is 2. The quantitative estimate of drug-likeness (QED) is 0.591. The van der Waals surface area contributed by atoms with E-state index in [4.69, 9.17) is 22.8 Å². The highest BCUT2D eigenvalue weighted by Gasteiger charge is 2.13. The first kappa shape index (κ1) is 19.6. The molecule has 0 aliphatic rings. The third-order valence-corrected chi connectivity index (χ3v) is 4.39. The van der Waals surface area contributed by atoms with Crippen molar-refractivity contribution in [1.82, 2.24) is 20.3 Å². The molecular weight excluding hydrogens is 343 g/mol. The molecule has 1 heterocycles. The van der Waals surface area contributed by atoms with Gasteiger partial charge in [-0.2, -0.15) is 0 Å². The van der Waals surface area contributed by atoms with Crippen LogP contribution in [0, 0.1) is 0 Å². The van der Waals surface area contributed by atoms with Crippen molar-refractivity contribution in [3.8, 4) is 22.8 Å². The van der Waals surface area contributed by atoms with E-state index in [1.165, 1.54) is 0 Å².